The van der Waals surface area contributed by atoms with Crippen LogP contribution in [0.3, 0.4) is 0 Å². The number of aromatic hydroxyl groups is 2. The summed E-state index contributed by atoms with van der Waals surface area (Å²) in [5, 5.41) is 28.3. The van der Waals surface area contributed by atoms with Gasteiger partial charge in [0.15, 0.2) is 4.32 Å². The number of carbonyl (C=O) groups is 2. The number of phenolic OH excluding ortho intramolecular Hbond substituents is 2. The molecular formula is C17H11NO5S2. The standard InChI is InChI=1S/C17H11NO5S2/c19-12-5-4-9(13(20)8-12)7-14-15(21)18(17(24)25-14)11-3-1-2-10(6-11)16(22)23/h1-8,19-20H,(H,22,23)/b14-7-. The van der Waals surface area contributed by atoms with Gasteiger partial charge >= 0.3 is 5.97 Å². The van der Waals surface area contributed by atoms with Gasteiger partial charge in [-0.25, -0.2) is 4.79 Å². The third-order valence-electron chi connectivity index (χ3n) is 3.45. The quantitative estimate of drug-likeness (QED) is 0.561. The summed E-state index contributed by atoms with van der Waals surface area (Å²) >= 11 is 6.28. The zero-order valence-electron chi connectivity index (χ0n) is 12.5. The largest absolute Gasteiger partial charge is 0.508 e. The lowest BCUT2D eigenvalue weighted by Crippen LogP contribution is -2.27. The number of benzene rings is 2. The van der Waals surface area contributed by atoms with E-state index in [-0.39, 0.29) is 26.3 Å². The molecule has 0 aliphatic carbocycles. The van der Waals surface area contributed by atoms with Crippen LogP contribution in [0.5, 0.6) is 11.5 Å². The molecule has 2 aromatic carbocycles. The highest BCUT2D eigenvalue weighted by Gasteiger charge is 2.33. The average Bonchev–Trinajstić information content (AvgIpc) is 2.84. The average molecular weight is 373 g/mol. The molecule has 3 rings (SSSR count). The first-order valence-corrected chi connectivity index (χ1v) is 8.22. The number of thioether (sulfide) groups is 1. The second-order valence-electron chi connectivity index (χ2n) is 5.12. The van der Waals surface area contributed by atoms with E-state index in [1.165, 1.54) is 47.4 Å². The number of rotatable bonds is 3. The zero-order valence-corrected chi connectivity index (χ0v) is 14.2. The second kappa shape index (κ2) is 6.58. The lowest BCUT2D eigenvalue weighted by atomic mass is 10.1. The molecule has 0 unspecified atom stereocenters. The Morgan fingerprint density at radius 3 is 2.60 bits per heavy atom. The number of carbonyl (C=O) groups excluding carboxylic acids is 1. The maximum atomic E-state index is 12.7. The topological polar surface area (TPSA) is 98.1 Å². The minimum absolute atomic E-state index is 0.0479. The minimum Gasteiger partial charge on any atom is -0.508 e. The molecule has 1 fully saturated rings. The number of nitrogens with zero attached hydrogens (tertiary/aromatic N) is 1. The molecule has 0 saturated carbocycles. The molecule has 6 nitrogen and oxygen atoms in total. The van der Waals surface area contributed by atoms with E-state index in [9.17, 15) is 19.8 Å². The summed E-state index contributed by atoms with van der Waals surface area (Å²) in [5.41, 5.74) is 0.769. The van der Waals surface area contributed by atoms with Crippen LogP contribution in [-0.2, 0) is 4.79 Å². The molecule has 1 aliphatic rings. The number of carboxylic acid groups (broad SMARTS) is 1. The first-order valence-electron chi connectivity index (χ1n) is 7.00. The molecule has 25 heavy (non-hydrogen) atoms. The van der Waals surface area contributed by atoms with Crippen molar-refractivity contribution < 1.29 is 24.9 Å². The van der Waals surface area contributed by atoms with Gasteiger partial charge in [0.25, 0.3) is 5.91 Å². The van der Waals surface area contributed by atoms with E-state index < -0.39 is 11.9 Å². The van der Waals surface area contributed by atoms with Crippen LogP contribution in [0.4, 0.5) is 5.69 Å². The molecule has 0 atom stereocenters. The van der Waals surface area contributed by atoms with Gasteiger partial charge in [-0.2, -0.15) is 0 Å². The van der Waals surface area contributed by atoms with Crippen LogP contribution in [0, 0.1) is 0 Å². The van der Waals surface area contributed by atoms with Gasteiger partial charge in [-0.1, -0.05) is 30.0 Å². The highest BCUT2D eigenvalue weighted by molar-refractivity contribution is 8.27. The minimum atomic E-state index is -1.10. The number of phenols is 2. The Labute approximate surface area is 152 Å². The van der Waals surface area contributed by atoms with E-state index >= 15 is 0 Å². The van der Waals surface area contributed by atoms with Gasteiger partial charge in [0.1, 0.15) is 11.5 Å². The molecule has 0 radical (unpaired) electrons. The van der Waals surface area contributed by atoms with Gasteiger partial charge in [-0.3, -0.25) is 9.69 Å². The molecule has 126 valence electrons. The zero-order chi connectivity index (χ0) is 18.1. The van der Waals surface area contributed by atoms with E-state index in [1.54, 1.807) is 6.07 Å². The van der Waals surface area contributed by atoms with Crippen LogP contribution in [0.15, 0.2) is 47.4 Å². The Balaban J connectivity index is 1.96. The third kappa shape index (κ3) is 3.35. The van der Waals surface area contributed by atoms with Crippen molar-refractivity contribution in [2.75, 3.05) is 4.90 Å². The van der Waals surface area contributed by atoms with Crippen molar-refractivity contribution in [3.05, 3.63) is 58.5 Å². The Morgan fingerprint density at radius 1 is 1.16 bits per heavy atom. The molecule has 0 bridgehead atoms. The summed E-state index contributed by atoms with van der Waals surface area (Å²) < 4.78 is 0.261. The van der Waals surface area contributed by atoms with Crippen molar-refractivity contribution in [2.24, 2.45) is 0 Å². The molecule has 1 heterocycles. The van der Waals surface area contributed by atoms with Crippen molar-refractivity contribution in [3.63, 3.8) is 0 Å². The lowest BCUT2D eigenvalue weighted by Gasteiger charge is -2.14. The molecule has 0 aromatic heterocycles. The molecule has 8 heteroatoms. The number of carboxylic acids is 1. The summed E-state index contributed by atoms with van der Waals surface area (Å²) in [6, 6.07) is 9.96. The van der Waals surface area contributed by atoms with Gasteiger partial charge in [0.2, 0.25) is 0 Å². The SMILES string of the molecule is O=C(O)c1cccc(N2C(=O)/C(=C/c3ccc(O)cc3O)SC2=S)c1. The first kappa shape index (κ1) is 17.0. The van der Waals surface area contributed by atoms with Gasteiger partial charge < -0.3 is 15.3 Å². The lowest BCUT2D eigenvalue weighted by molar-refractivity contribution is -0.113. The van der Waals surface area contributed by atoms with Crippen molar-refractivity contribution in [3.8, 4) is 11.5 Å². The Bertz CT molecular complexity index is 938. The third-order valence-corrected chi connectivity index (χ3v) is 4.75. The summed E-state index contributed by atoms with van der Waals surface area (Å²) in [4.78, 5) is 25.3. The number of amides is 1. The van der Waals surface area contributed by atoms with Crippen LogP contribution in [0.2, 0.25) is 0 Å². The van der Waals surface area contributed by atoms with Crippen LogP contribution < -0.4 is 4.90 Å². The molecule has 0 spiro atoms. The van der Waals surface area contributed by atoms with Crippen molar-refractivity contribution in [1.29, 1.82) is 0 Å². The summed E-state index contributed by atoms with van der Waals surface area (Å²) in [6.07, 6.45) is 1.47. The maximum Gasteiger partial charge on any atom is 0.335 e. The van der Waals surface area contributed by atoms with Crippen LogP contribution in [0.1, 0.15) is 15.9 Å². The monoisotopic (exact) mass is 373 g/mol. The summed E-state index contributed by atoms with van der Waals surface area (Å²) in [6.45, 7) is 0. The highest BCUT2D eigenvalue weighted by atomic mass is 32.2. The number of thiocarbonyl (C=S) groups is 1. The Hall–Kier alpha value is -2.84. The fourth-order valence-corrected chi connectivity index (χ4v) is 3.55. The van der Waals surface area contributed by atoms with E-state index in [0.29, 0.717) is 11.3 Å². The molecule has 3 N–H and O–H groups in total. The molecule has 1 saturated heterocycles. The molecule has 1 amide bonds. The van der Waals surface area contributed by atoms with Gasteiger partial charge in [-0.15, -0.1) is 0 Å². The van der Waals surface area contributed by atoms with Crippen LogP contribution in [0.25, 0.3) is 6.08 Å². The van der Waals surface area contributed by atoms with Gasteiger partial charge in [0.05, 0.1) is 16.2 Å². The van der Waals surface area contributed by atoms with E-state index in [4.69, 9.17) is 17.3 Å². The highest BCUT2D eigenvalue weighted by Crippen LogP contribution is 2.37. The van der Waals surface area contributed by atoms with Crippen molar-refractivity contribution in [1.82, 2.24) is 0 Å². The van der Waals surface area contributed by atoms with E-state index in [1.807, 2.05) is 0 Å². The molecular weight excluding hydrogens is 362 g/mol. The van der Waals surface area contributed by atoms with Crippen LogP contribution in [-0.4, -0.2) is 31.5 Å². The predicted octanol–water partition coefficient (Wildman–Crippen LogP) is 3.20. The predicted molar refractivity (Wildman–Crippen MR) is 98.8 cm³/mol. The Morgan fingerprint density at radius 2 is 1.92 bits per heavy atom. The van der Waals surface area contributed by atoms with E-state index in [0.717, 1.165) is 11.8 Å². The number of aromatic carboxylic acids is 1. The van der Waals surface area contributed by atoms with Gasteiger partial charge in [0, 0.05) is 11.6 Å². The normalized spacial score (nSPS) is 15.8. The van der Waals surface area contributed by atoms with Crippen molar-refractivity contribution in [2.45, 2.75) is 0 Å². The number of anilines is 1. The summed E-state index contributed by atoms with van der Waals surface area (Å²) in [7, 11) is 0. The Kier molecular flexibility index (Phi) is 4.47. The fraction of sp³-hybridized carbons (Fsp3) is 0. The summed E-state index contributed by atoms with van der Waals surface area (Å²) in [5.74, 6) is -1.77. The molecule has 2 aromatic rings. The number of hydrogen-bond donors (Lipinski definition) is 3. The first-order chi connectivity index (χ1) is 11.9. The maximum absolute atomic E-state index is 12.7. The molecule has 1 aliphatic heterocycles. The second-order valence-corrected chi connectivity index (χ2v) is 6.79. The van der Waals surface area contributed by atoms with E-state index in [2.05, 4.69) is 0 Å². The van der Waals surface area contributed by atoms with Crippen LogP contribution >= 0.6 is 24.0 Å². The number of hydrogen-bond acceptors (Lipinski definition) is 6. The smallest absolute Gasteiger partial charge is 0.335 e. The fourth-order valence-electron chi connectivity index (χ4n) is 2.26. The van der Waals surface area contributed by atoms with Crippen molar-refractivity contribution >= 4 is 51.9 Å². The van der Waals surface area contributed by atoms with Gasteiger partial charge in [-0.05, 0) is 36.4 Å².